The number of benzene rings is 2. The van der Waals surface area contributed by atoms with Crippen molar-refractivity contribution in [1.82, 2.24) is 10.2 Å². The lowest BCUT2D eigenvalue weighted by Crippen LogP contribution is -2.37. The highest BCUT2D eigenvalue weighted by molar-refractivity contribution is 8.26. The summed E-state index contributed by atoms with van der Waals surface area (Å²) in [6.07, 6.45) is 1.77. The number of carbonyl (C=O) groups excluding carboxylic acids is 2. The van der Waals surface area contributed by atoms with Crippen LogP contribution in [0, 0.1) is 0 Å². The summed E-state index contributed by atoms with van der Waals surface area (Å²) in [6.45, 7) is 0.781. The van der Waals surface area contributed by atoms with Gasteiger partial charge in [-0.1, -0.05) is 30.0 Å². The fraction of sp³-hybridized carbons (Fsp3) is 0.190. The first-order chi connectivity index (χ1) is 14.5. The maximum Gasteiger partial charge on any atom is 0.266 e. The Labute approximate surface area is 183 Å². The van der Waals surface area contributed by atoms with Gasteiger partial charge >= 0.3 is 0 Å². The summed E-state index contributed by atoms with van der Waals surface area (Å²) in [5.74, 6) is 1.62. The summed E-state index contributed by atoms with van der Waals surface area (Å²) in [7, 11) is 1.57. The number of hydrogen-bond acceptors (Lipinski definition) is 7. The van der Waals surface area contributed by atoms with Crippen LogP contribution in [-0.2, 0) is 4.79 Å². The predicted molar refractivity (Wildman–Crippen MR) is 118 cm³/mol. The van der Waals surface area contributed by atoms with E-state index in [1.165, 1.54) is 16.7 Å². The minimum atomic E-state index is -0.223. The van der Waals surface area contributed by atoms with Crippen molar-refractivity contribution >= 4 is 46.2 Å². The Morgan fingerprint density at radius 1 is 1.23 bits per heavy atom. The molecule has 2 aliphatic heterocycles. The maximum absolute atomic E-state index is 12.7. The van der Waals surface area contributed by atoms with Gasteiger partial charge in [-0.05, 0) is 48.0 Å². The Kier molecular flexibility index (Phi) is 5.91. The molecule has 0 saturated carbocycles. The number of methoxy groups -OCH3 is 1. The van der Waals surface area contributed by atoms with Gasteiger partial charge in [0, 0.05) is 18.7 Å². The molecule has 0 aromatic heterocycles. The molecule has 0 bridgehead atoms. The zero-order chi connectivity index (χ0) is 21.1. The van der Waals surface area contributed by atoms with E-state index in [1.807, 2.05) is 18.2 Å². The lowest BCUT2D eigenvalue weighted by Gasteiger charge is -2.15. The smallest absolute Gasteiger partial charge is 0.266 e. The molecule has 2 aliphatic rings. The molecule has 4 rings (SSSR count). The van der Waals surface area contributed by atoms with Crippen molar-refractivity contribution in [3.8, 4) is 17.2 Å². The van der Waals surface area contributed by atoms with Crippen LogP contribution in [0.25, 0.3) is 6.08 Å². The summed E-state index contributed by atoms with van der Waals surface area (Å²) in [5.41, 5.74) is 1.34. The molecule has 154 valence electrons. The monoisotopic (exact) mass is 442 g/mol. The van der Waals surface area contributed by atoms with Gasteiger partial charge < -0.3 is 19.5 Å². The van der Waals surface area contributed by atoms with E-state index in [1.54, 1.807) is 37.5 Å². The second-order valence-electron chi connectivity index (χ2n) is 6.43. The molecule has 2 heterocycles. The molecule has 2 aromatic rings. The summed E-state index contributed by atoms with van der Waals surface area (Å²) in [4.78, 5) is 27.0. The molecule has 0 radical (unpaired) electrons. The number of rotatable bonds is 6. The molecule has 2 aromatic carbocycles. The number of thiocarbonyl (C=S) groups is 1. The van der Waals surface area contributed by atoms with E-state index in [0.29, 0.717) is 38.6 Å². The van der Waals surface area contributed by atoms with Crippen LogP contribution in [0.3, 0.4) is 0 Å². The van der Waals surface area contributed by atoms with Gasteiger partial charge in [-0.3, -0.25) is 14.5 Å². The van der Waals surface area contributed by atoms with Crippen molar-refractivity contribution in [3.63, 3.8) is 0 Å². The molecule has 1 N–H and O–H groups in total. The van der Waals surface area contributed by atoms with Crippen LogP contribution in [0.15, 0.2) is 47.4 Å². The molecule has 1 saturated heterocycles. The summed E-state index contributed by atoms with van der Waals surface area (Å²) in [5, 5.41) is 2.80. The number of fused-ring (bicyclic) bond motifs is 1. The fourth-order valence-electron chi connectivity index (χ4n) is 2.97. The minimum absolute atomic E-state index is 0.179. The Morgan fingerprint density at radius 3 is 2.77 bits per heavy atom. The van der Waals surface area contributed by atoms with Crippen molar-refractivity contribution in [1.29, 1.82) is 0 Å². The maximum atomic E-state index is 12.7. The van der Waals surface area contributed by atoms with Gasteiger partial charge in [-0.15, -0.1) is 0 Å². The molecule has 30 heavy (non-hydrogen) atoms. The van der Waals surface area contributed by atoms with E-state index in [4.69, 9.17) is 26.4 Å². The largest absolute Gasteiger partial charge is 0.497 e. The normalized spacial score (nSPS) is 16.3. The Balaban J connectivity index is 1.35. The van der Waals surface area contributed by atoms with Crippen LogP contribution >= 0.6 is 24.0 Å². The molecular weight excluding hydrogens is 424 g/mol. The van der Waals surface area contributed by atoms with E-state index >= 15 is 0 Å². The van der Waals surface area contributed by atoms with Crippen molar-refractivity contribution in [2.75, 3.05) is 27.0 Å². The van der Waals surface area contributed by atoms with Crippen molar-refractivity contribution in [3.05, 3.63) is 58.5 Å². The first kappa shape index (κ1) is 20.2. The number of thioether (sulfide) groups is 1. The third-order valence-electron chi connectivity index (χ3n) is 4.54. The standard InChI is InChI=1S/C21H18N2O5S2/c1-26-15-5-3-14(4-6-15)19(24)22-8-9-23-20(25)18(30-21(23)29)11-13-2-7-16-17(10-13)28-12-27-16/h2-7,10-11H,8-9,12H2,1H3,(H,22,24)/b18-11-. The van der Waals surface area contributed by atoms with Crippen LogP contribution < -0.4 is 19.5 Å². The molecule has 1 fully saturated rings. The van der Waals surface area contributed by atoms with Crippen molar-refractivity contribution < 1.29 is 23.8 Å². The van der Waals surface area contributed by atoms with Gasteiger partial charge in [-0.2, -0.15) is 0 Å². The van der Waals surface area contributed by atoms with Crippen molar-refractivity contribution in [2.45, 2.75) is 0 Å². The number of hydrogen-bond donors (Lipinski definition) is 1. The average Bonchev–Trinajstić information content (AvgIpc) is 3.33. The Morgan fingerprint density at radius 2 is 2.00 bits per heavy atom. The highest BCUT2D eigenvalue weighted by Gasteiger charge is 2.31. The van der Waals surface area contributed by atoms with Gasteiger partial charge in [0.1, 0.15) is 10.1 Å². The second-order valence-corrected chi connectivity index (χ2v) is 8.11. The average molecular weight is 443 g/mol. The Bertz CT molecular complexity index is 1040. The molecule has 0 atom stereocenters. The van der Waals surface area contributed by atoms with Crippen LogP contribution in [0.5, 0.6) is 17.2 Å². The van der Waals surface area contributed by atoms with E-state index in [-0.39, 0.29) is 25.2 Å². The van der Waals surface area contributed by atoms with Crippen LogP contribution in [0.4, 0.5) is 0 Å². The number of amides is 2. The van der Waals surface area contributed by atoms with Gasteiger partial charge in [0.15, 0.2) is 11.5 Å². The second kappa shape index (κ2) is 8.76. The van der Waals surface area contributed by atoms with Gasteiger partial charge in [0.05, 0.1) is 12.0 Å². The van der Waals surface area contributed by atoms with E-state index in [2.05, 4.69) is 5.32 Å². The summed E-state index contributed by atoms with van der Waals surface area (Å²) in [6, 6.07) is 12.3. The topological polar surface area (TPSA) is 77.1 Å². The first-order valence-corrected chi connectivity index (χ1v) is 10.3. The fourth-order valence-corrected chi connectivity index (χ4v) is 4.28. The third kappa shape index (κ3) is 4.27. The molecule has 7 nitrogen and oxygen atoms in total. The molecule has 0 aliphatic carbocycles. The minimum Gasteiger partial charge on any atom is -0.497 e. The van der Waals surface area contributed by atoms with E-state index < -0.39 is 0 Å². The van der Waals surface area contributed by atoms with Gasteiger partial charge in [-0.25, -0.2) is 0 Å². The molecule has 9 heteroatoms. The number of nitrogens with one attached hydrogen (secondary N) is 1. The Hall–Kier alpha value is -3.04. The van der Waals surface area contributed by atoms with Gasteiger partial charge in [0.2, 0.25) is 6.79 Å². The van der Waals surface area contributed by atoms with Gasteiger partial charge in [0.25, 0.3) is 11.8 Å². The zero-order valence-electron chi connectivity index (χ0n) is 16.0. The summed E-state index contributed by atoms with van der Waals surface area (Å²) >= 11 is 6.59. The predicted octanol–water partition coefficient (Wildman–Crippen LogP) is 3.06. The van der Waals surface area contributed by atoms with E-state index in [9.17, 15) is 9.59 Å². The quantitative estimate of drug-likeness (QED) is 0.544. The number of carbonyl (C=O) groups is 2. The van der Waals surface area contributed by atoms with E-state index in [0.717, 1.165) is 5.56 Å². The molecular formula is C21H18N2O5S2. The summed E-state index contributed by atoms with van der Waals surface area (Å²) < 4.78 is 16.2. The number of nitrogens with zero attached hydrogens (tertiary/aromatic N) is 1. The third-order valence-corrected chi connectivity index (χ3v) is 5.92. The van der Waals surface area contributed by atoms with Crippen LogP contribution in [0.2, 0.25) is 0 Å². The number of ether oxygens (including phenoxy) is 3. The molecule has 0 unspecified atom stereocenters. The van der Waals surface area contributed by atoms with Crippen LogP contribution in [0.1, 0.15) is 15.9 Å². The highest BCUT2D eigenvalue weighted by Crippen LogP contribution is 2.36. The first-order valence-electron chi connectivity index (χ1n) is 9.12. The molecule has 2 amide bonds. The molecule has 0 spiro atoms. The highest BCUT2D eigenvalue weighted by atomic mass is 32.2. The lowest BCUT2D eigenvalue weighted by molar-refractivity contribution is -0.122. The SMILES string of the molecule is COc1ccc(C(=O)NCCN2C(=O)/C(=C/c3ccc4c(c3)OCO4)SC2=S)cc1. The van der Waals surface area contributed by atoms with Crippen LogP contribution in [-0.4, -0.2) is 48.0 Å². The zero-order valence-corrected chi connectivity index (χ0v) is 17.7. The lowest BCUT2D eigenvalue weighted by atomic mass is 10.2. The van der Waals surface area contributed by atoms with Crippen molar-refractivity contribution in [2.24, 2.45) is 0 Å².